The van der Waals surface area contributed by atoms with Crippen LogP contribution in [0.25, 0.3) is 0 Å². The molecule has 1 rings (SSSR count). The van der Waals surface area contributed by atoms with Crippen LogP contribution in [0.15, 0.2) is 29.2 Å². The van der Waals surface area contributed by atoms with Crippen molar-refractivity contribution in [1.29, 1.82) is 0 Å². The first-order chi connectivity index (χ1) is 5.56. The predicted molar refractivity (Wildman–Crippen MR) is 54.5 cm³/mol. The largest absolute Gasteiger partial charge is 0 e. The van der Waals surface area contributed by atoms with Crippen molar-refractivity contribution in [2.75, 3.05) is 0 Å². The summed E-state index contributed by atoms with van der Waals surface area (Å²) in [5.41, 5.74) is 1.00. The van der Waals surface area contributed by atoms with Crippen molar-refractivity contribution >= 4 is 51.4 Å². The van der Waals surface area contributed by atoms with Gasteiger partial charge < -0.3 is 0 Å². The average Bonchev–Trinajstić information content (AvgIpc) is 2.05. The van der Waals surface area contributed by atoms with Crippen molar-refractivity contribution in [1.82, 2.24) is 4.24 Å². The smallest absolute Gasteiger partial charge is 0 e. The number of hydrogen-bond donors (Lipinski definition) is 1. The molecular weight excluding hydrogens is 327 g/mol. The van der Waals surface area contributed by atoms with Crippen LogP contribution in [-0.4, -0.2) is 38.0 Å². The van der Waals surface area contributed by atoms with Crippen molar-refractivity contribution in [2.24, 2.45) is 0 Å². The van der Waals surface area contributed by atoms with Crippen molar-refractivity contribution in [3.8, 4) is 0 Å². The third kappa shape index (κ3) is 4.74. The Morgan fingerprint density at radius 3 is 2.00 bits per heavy atom. The number of sulfonamides is 1. The molecule has 0 saturated heterocycles. The van der Waals surface area contributed by atoms with Crippen LogP contribution in [0.1, 0.15) is 5.56 Å². The molecule has 0 fully saturated rings. The molecule has 7 heteroatoms. The van der Waals surface area contributed by atoms with Crippen LogP contribution in [0.5, 0.6) is 0 Å². The zero-order valence-electron chi connectivity index (χ0n) is 6.73. The van der Waals surface area contributed by atoms with Crippen molar-refractivity contribution < 1.29 is 28.8 Å². The Morgan fingerprint density at radius 1 is 1.21 bits per heavy atom. The van der Waals surface area contributed by atoms with Crippen LogP contribution in [0.4, 0.5) is 0 Å². The SMILES string of the molecule is Cc1ccc(S(=O)(=O)NCl)cc1.[NaH].[Pd]. The normalized spacial score (nSPS) is 9.86. The molecule has 1 aromatic rings. The molecule has 0 aliphatic carbocycles. The molecule has 0 atom stereocenters. The molecule has 1 aromatic carbocycles. The molecule has 0 unspecified atom stereocenters. The van der Waals surface area contributed by atoms with Crippen molar-refractivity contribution in [3.63, 3.8) is 0 Å². The third-order valence-corrected chi connectivity index (χ3v) is 3.14. The Kier molecular flexibility index (Phi) is 9.20. The first kappa shape index (κ1) is 17.5. The van der Waals surface area contributed by atoms with Gasteiger partial charge in [-0.2, -0.15) is 0 Å². The summed E-state index contributed by atoms with van der Waals surface area (Å²) in [7, 11) is -3.50. The summed E-state index contributed by atoms with van der Waals surface area (Å²) in [6.07, 6.45) is 0. The third-order valence-electron chi connectivity index (χ3n) is 1.43. The van der Waals surface area contributed by atoms with Gasteiger partial charge in [-0.1, -0.05) is 17.7 Å². The van der Waals surface area contributed by atoms with Crippen LogP contribution in [0.2, 0.25) is 0 Å². The Hall–Kier alpha value is 1.08. The fourth-order valence-electron chi connectivity index (χ4n) is 0.762. The molecule has 0 spiro atoms. The van der Waals surface area contributed by atoms with Gasteiger partial charge in [-0.3, -0.25) is 0 Å². The minimum absolute atomic E-state index is 0. The summed E-state index contributed by atoms with van der Waals surface area (Å²) in [5.74, 6) is 0. The first-order valence-corrected chi connectivity index (χ1v) is 5.11. The van der Waals surface area contributed by atoms with E-state index >= 15 is 0 Å². The van der Waals surface area contributed by atoms with Gasteiger partial charge in [0.2, 0.25) is 0 Å². The molecule has 0 saturated carbocycles. The van der Waals surface area contributed by atoms with Gasteiger partial charge in [0.15, 0.2) is 0 Å². The molecular formula is C7H9ClNNaO2PdS. The second-order valence-electron chi connectivity index (χ2n) is 2.39. The zero-order valence-corrected chi connectivity index (χ0v) is 9.86. The number of halogens is 1. The number of benzene rings is 1. The molecule has 0 radical (unpaired) electrons. The molecule has 0 aliphatic rings. The van der Waals surface area contributed by atoms with Crippen LogP contribution < -0.4 is 4.24 Å². The molecule has 78 valence electrons. The molecule has 0 aromatic heterocycles. The van der Waals surface area contributed by atoms with E-state index in [2.05, 4.69) is 0 Å². The second kappa shape index (κ2) is 7.37. The van der Waals surface area contributed by atoms with Crippen LogP contribution in [0.3, 0.4) is 0 Å². The standard InChI is InChI=1S/C7H8ClNO2S.Na.Pd.H/c1-6-2-4-7(5-3-6)12(10,11)9-8;;;/h2-5,9H,1H3;;;. The maximum atomic E-state index is 11.1. The maximum absolute atomic E-state index is 11.1. The van der Waals surface area contributed by atoms with Crippen molar-refractivity contribution in [2.45, 2.75) is 11.8 Å². The Labute approximate surface area is 125 Å². The number of nitrogens with one attached hydrogen (secondary N) is 1. The van der Waals surface area contributed by atoms with E-state index in [0.717, 1.165) is 5.56 Å². The quantitative estimate of drug-likeness (QED) is 0.641. The van der Waals surface area contributed by atoms with E-state index < -0.39 is 10.0 Å². The summed E-state index contributed by atoms with van der Waals surface area (Å²) >= 11 is 5.03. The van der Waals surface area contributed by atoms with Crippen molar-refractivity contribution in [3.05, 3.63) is 29.8 Å². The minimum Gasteiger partial charge on any atom is 0 e. The van der Waals surface area contributed by atoms with Gasteiger partial charge in [0.1, 0.15) is 0 Å². The van der Waals surface area contributed by atoms with E-state index in [1.54, 1.807) is 16.4 Å². The molecule has 0 heterocycles. The van der Waals surface area contributed by atoms with Crippen LogP contribution in [0, 0.1) is 6.92 Å². The van der Waals surface area contributed by atoms with Gasteiger partial charge >= 0.3 is 29.6 Å². The van der Waals surface area contributed by atoms with E-state index in [1.807, 2.05) is 6.92 Å². The van der Waals surface area contributed by atoms with E-state index in [-0.39, 0.29) is 54.9 Å². The predicted octanol–water partition coefficient (Wildman–Crippen LogP) is 0.776. The molecule has 0 amide bonds. The Morgan fingerprint density at radius 2 is 1.64 bits per heavy atom. The van der Waals surface area contributed by atoms with Gasteiger partial charge in [-0.15, -0.1) is 4.24 Å². The minimum atomic E-state index is -3.50. The summed E-state index contributed by atoms with van der Waals surface area (Å²) in [5, 5.41) is 0. The van der Waals surface area contributed by atoms with E-state index in [4.69, 9.17) is 11.8 Å². The number of hydrogen-bond acceptors (Lipinski definition) is 2. The van der Waals surface area contributed by atoms with E-state index in [9.17, 15) is 8.42 Å². The maximum Gasteiger partial charge on any atom is 0 e. The van der Waals surface area contributed by atoms with Gasteiger partial charge in [-0.25, -0.2) is 8.42 Å². The van der Waals surface area contributed by atoms with Gasteiger partial charge in [-0.05, 0) is 30.8 Å². The molecule has 1 N–H and O–H groups in total. The van der Waals surface area contributed by atoms with E-state index in [0.29, 0.717) is 0 Å². The number of aryl methyl sites for hydroxylation is 1. The van der Waals surface area contributed by atoms with E-state index in [1.165, 1.54) is 12.1 Å². The van der Waals surface area contributed by atoms with Crippen LogP contribution >= 0.6 is 11.8 Å². The summed E-state index contributed by atoms with van der Waals surface area (Å²) in [6, 6.07) is 6.42. The molecule has 14 heavy (non-hydrogen) atoms. The summed E-state index contributed by atoms with van der Waals surface area (Å²) in [4.78, 5) is 0.170. The average molecular weight is 336 g/mol. The Balaban J connectivity index is 0. The van der Waals surface area contributed by atoms with Gasteiger partial charge in [0.25, 0.3) is 10.0 Å². The fraction of sp³-hybridized carbons (Fsp3) is 0.143. The van der Waals surface area contributed by atoms with Crippen LogP contribution in [-0.2, 0) is 30.4 Å². The molecule has 3 nitrogen and oxygen atoms in total. The monoisotopic (exact) mass is 335 g/mol. The summed E-state index contributed by atoms with van der Waals surface area (Å²) < 4.78 is 23.9. The zero-order chi connectivity index (χ0) is 9.19. The molecule has 0 aliphatic heterocycles. The first-order valence-electron chi connectivity index (χ1n) is 3.25. The topological polar surface area (TPSA) is 46.2 Å². The Bertz CT molecular complexity index is 368. The van der Waals surface area contributed by atoms with Gasteiger partial charge in [0, 0.05) is 20.4 Å². The second-order valence-corrected chi connectivity index (χ2v) is 4.49. The fourth-order valence-corrected chi connectivity index (χ4v) is 1.61. The van der Waals surface area contributed by atoms with Gasteiger partial charge in [0.05, 0.1) is 4.90 Å². The number of rotatable bonds is 2. The summed E-state index contributed by atoms with van der Waals surface area (Å²) in [6.45, 7) is 1.88. The molecule has 0 bridgehead atoms.